The van der Waals surface area contributed by atoms with Gasteiger partial charge < -0.3 is 13.8 Å². The molecule has 3 atom stereocenters. The minimum atomic E-state index is -3.02. The molecule has 1 rings (SSSR count). The van der Waals surface area contributed by atoms with Crippen molar-refractivity contribution in [3.63, 3.8) is 0 Å². The van der Waals surface area contributed by atoms with Crippen molar-refractivity contribution in [2.24, 2.45) is 0 Å². The first-order valence-electron chi connectivity index (χ1n) is 4.08. The Labute approximate surface area is 76.9 Å². The number of hydrogen-bond acceptors (Lipinski definition) is 4. The predicted molar refractivity (Wildman–Crippen MR) is 45.7 cm³/mol. The highest BCUT2D eigenvalue weighted by Crippen LogP contribution is 2.46. The molecule has 3 unspecified atom stereocenters. The van der Waals surface area contributed by atoms with Crippen LogP contribution >= 0.6 is 7.60 Å². The quantitative estimate of drug-likeness (QED) is 0.664. The Kier molecular flexibility index (Phi) is 3.86. The molecule has 1 saturated heterocycles. The van der Waals surface area contributed by atoms with Gasteiger partial charge in [0.05, 0.1) is 6.10 Å². The Hall–Kier alpha value is 0.0400. The van der Waals surface area contributed by atoms with Crippen LogP contribution in [0.3, 0.4) is 0 Å². The molecule has 0 aromatic rings. The molecule has 0 spiro atoms. The van der Waals surface area contributed by atoms with Crippen LogP contribution in [-0.4, -0.2) is 39.3 Å². The van der Waals surface area contributed by atoms with E-state index < -0.39 is 26.5 Å². The maximum atomic E-state index is 12.3. The van der Waals surface area contributed by atoms with Gasteiger partial charge in [-0.1, -0.05) is 0 Å². The minimum Gasteiger partial charge on any atom is -0.373 e. The first-order valence-corrected chi connectivity index (χ1v) is 6.07. The summed E-state index contributed by atoms with van der Waals surface area (Å²) in [6.07, 6.45) is -0.473. The van der Waals surface area contributed by atoms with Gasteiger partial charge in [0.15, 0.2) is 0 Å². The van der Waals surface area contributed by atoms with Crippen LogP contribution in [0, 0.1) is 0 Å². The van der Waals surface area contributed by atoms with Crippen LogP contribution in [0.4, 0.5) is 4.39 Å². The number of alkyl halides is 1. The lowest BCUT2D eigenvalue weighted by atomic mass is 10.2. The van der Waals surface area contributed by atoms with E-state index >= 15 is 0 Å². The van der Waals surface area contributed by atoms with E-state index in [1.54, 1.807) is 0 Å². The summed E-state index contributed by atoms with van der Waals surface area (Å²) in [7, 11) is -1.71. The molecule has 4 nitrogen and oxygen atoms in total. The molecule has 0 amide bonds. The number of hydrogen-bond donors (Lipinski definition) is 0. The summed E-state index contributed by atoms with van der Waals surface area (Å²) in [6.45, 7) is 1.19. The summed E-state index contributed by atoms with van der Waals surface area (Å²) in [5, 5.41) is 0. The van der Waals surface area contributed by atoms with Crippen molar-refractivity contribution in [3.8, 4) is 0 Å². The summed E-state index contributed by atoms with van der Waals surface area (Å²) in [4.78, 5) is 0. The van der Waals surface area contributed by atoms with Crippen molar-refractivity contribution >= 4 is 7.60 Å². The molecule has 0 aromatic heterocycles. The largest absolute Gasteiger partial charge is 0.373 e. The lowest BCUT2D eigenvalue weighted by Gasteiger charge is -2.19. The van der Waals surface area contributed by atoms with Crippen LogP contribution in [0.15, 0.2) is 0 Å². The van der Waals surface area contributed by atoms with Gasteiger partial charge in [-0.15, -0.1) is 0 Å². The molecule has 0 N–H and O–H groups in total. The Morgan fingerprint density at radius 1 is 1.69 bits per heavy atom. The van der Waals surface area contributed by atoms with Gasteiger partial charge in [-0.25, -0.2) is 4.39 Å². The molecule has 1 fully saturated rings. The lowest BCUT2D eigenvalue weighted by Crippen LogP contribution is -2.25. The van der Waals surface area contributed by atoms with E-state index in [0.29, 0.717) is 13.0 Å². The molecular formula is C7H14FO4P. The molecule has 0 radical (unpaired) electrons. The Balaban J connectivity index is 2.48. The smallest absolute Gasteiger partial charge is 0.327 e. The van der Waals surface area contributed by atoms with Crippen LogP contribution in [0.25, 0.3) is 0 Å². The summed E-state index contributed by atoms with van der Waals surface area (Å²) >= 11 is 0. The van der Waals surface area contributed by atoms with Crippen molar-refractivity contribution in [2.45, 2.75) is 18.6 Å². The molecule has 13 heavy (non-hydrogen) atoms. The van der Waals surface area contributed by atoms with Gasteiger partial charge >= 0.3 is 7.60 Å². The average Bonchev–Trinajstić information content (AvgIpc) is 2.51. The van der Waals surface area contributed by atoms with Crippen molar-refractivity contribution in [2.75, 3.05) is 27.1 Å². The topological polar surface area (TPSA) is 44.8 Å². The zero-order valence-electron chi connectivity index (χ0n) is 7.73. The maximum Gasteiger partial charge on any atom is 0.327 e. The predicted octanol–water partition coefficient (Wildman–Crippen LogP) is 1.60. The fourth-order valence-corrected chi connectivity index (χ4v) is 2.00. The normalized spacial score (nSPS) is 33.2. The third-order valence-electron chi connectivity index (χ3n) is 1.96. The van der Waals surface area contributed by atoms with Gasteiger partial charge in [-0.2, -0.15) is 0 Å². The van der Waals surface area contributed by atoms with Crippen LogP contribution in [0.2, 0.25) is 0 Å². The second-order valence-electron chi connectivity index (χ2n) is 2.95. The summed E-state index contributed by atoms with van der Waals surface area (Å²) in [6, 6.07) is 0. The van der Waals surface area contributed by atoms with E-state index in [2.05, 4.69) is 4.52 Å². The summed E-state index contributed by atoms with van der Waals surface area (Å²) in [5.74, 6) is 0. The molecule has 1 aliphatic heterocycles. The number of halogens is 1. The first kappa shape index (κ1) is 11.1. The molecular weight excluding hydrogens is 198 g/mol. The van der Waals surface area contributed by atoms with Gasteiger partial charge in [-0.05, 0) is 0 Å². The average molecular weight is 212 g/mol. The highest BCUT2D eigenvalue weighted by molar-refractivity contribution is 7.52. The third-order valence-corrected chi connectivity index (χ3v) is 3.28. The second kappa shape index (κ2) is 4.51. The highest BCUT2D eigenvalue weighted by Gasteiger charge is 2.33. The first-order chi connectivity index (χ1) is 6.09. The van der Waals surface area contributed by atoms with Crippen LogP contribution < -0.4 is 0 Å². The maximum absolute atomic E-state index is 12.3. The van der Waals surface area contributed by atoms with Gasteiger partial charge in [0.1, 0.15) is 12.8 Å². The highest BCUT2D eigenvalue weighted by atomic mass is 31.2. The van der Waals surface area contributed by atoms with Gasteiger partial charge in [-0.3, -0.25) is 4.57 Å². The van der Waals surface area contributed by atoms with Crippen molar-refractivity contribution in [1.29, 1.82) is 0 Å². The van der Waals surface area contributed by atoms with E-state index in [-0.39, 0.29) is 0 Å². The standard InChI is InChI=1S/C7H14FO4P/c1-10-13(2,9)12-6-3-4-11-7(6)5-8/h6-7H,3-5H2,1-2H3. The van der Waals surface area contributed by atoms with Crippen LogP contribution in [-0.2, 0) is 18.3 Å². The fourth-order valence-electron chi connectivity index (χ4n) is 1.18. The Morgan fingerprint density at radius 2 is 2.38 bits per heavy atom. The molecule has 6 heteroatoms. The van der Waals surface area contributed by atoms with E-state index in [1.807, 2.05) is 0 Å². The lowest BCUT2D eigenvalue weighted by molar-refractivity contribution is 0.0311. The summed E-state index contributed by atoms with van der Waals surface area (Å²) in [5.41, 5.74) is 0. The second-order valence-corrected chi connectivity index (χ2v) is 5.07. The van der Waals surface area contributed by atoms with E-state index in [0.717, 1.165) is 0 Å². The Morgan fingerprint density at radius 3 is 2.92 bits per heavy atom. The molecule has 0 aliphatic carbocycles. The van der Waals surface area contributed by atoms with Gasteiger partial charge in [0.2, 0.25) is 0 Å². The van der Waals surface area contributed by atoms with Gasteiger partial charge in [0, 0.05) is 26.8 Å². The number of ether oxygens (including phenoxy) is 1. The molecule has 0 bridgehead atoms. The fraction of sp³-hybridized carbons (Fsp3) is 1.00. The van der Waals surface area contributed by atoms with Crippen LogP contribution in [0.1, 0.15) is 6.42 Å². The molecule has 78 valence electrons. The van der Waals surface area contributed by atoms with Crippen molar-refractivity contribution in [1.82, 2.24) is 0 Å². The van der Waals surface area contributed by atoms with Gasteiger partial charge in [0.25, 0.3) is 0 Å². The SMILES string of the molecule is COP(C)(=O)OC1CCOC1CF. The molecule has 1 heterocycles. The van der Waals surface area contributed by atoms with E-state index in [9.17, 15) is 8.96 Å². The van der Waals surface area contributed by atoms with Crippen LogP contribution in [0.5, 0.6) is 0 Å². The third kappa shape index (κ3) is 3.02. The zero-order valence-corrected chi connectivity index (χ0v) is 8.63. The summed E-state index contributed by atoms with van der Waals surface area (Å²) < 4.78 is 38.5. The molecule has 1 aliphatic rings. The zero-order chi connectivity index (χ0) is 9.90. The monoisotopic (exact) mass is 212 g/mol. The van der Waals surface area contributed by atoms with E-state index in [1.165, 1.54) is 13.8 Å². The van der Waals surface area contributed by atoms with Crippen molar-refractivity contribution < 1.29 is 22.7 Å². The minimum absolute atomic E-state index is 0.444. The molecule has 0 saturated carbocycles. The number of rotatable bonds is 4. The van der Waals surface area contributed by atoms with E-state index in [4.69, 9.17) is 9.26 Å². The van der Waals surface area contributed by atoms with Crippen molar-refractivity contribution in [3.05, 3.63) is 0 Å². The Bertz CT molecular complexity index is 211. The molecule has 0 aromatic carbocycles.